The van der Waals surface area contributed by atoms with Crippen LogP contribution in [-0.4, -0.2) is 44.4 Å². The van der Waals surface area contributed by atoms with Gasteiger partial charge in [0.1, 0.15) is 10.8 Å². The molecular formula is C30H30FN5O4S2. The summed E-state index contributed by atoms with van der Waals surface area (Å²) in [5.41, 5.74) is 3.11. The van der Waals surface area contributed by atoms with E-state index in [0.29, 0.717) is 21.5 Å². The van der Waals surface area contributed by atoms with Gasteiger partial charge in [0, 0.05) is 10.6 Å². The number of hydrogen-bond acceptors (Lipinski definition) is 8. The first-order valence-corrected chi connectivity index (χ1v) is 15.3. The van der Waals surface area contributed by atoms with Crippen LogP contribution >= 0.6 is 23.1 Å². The maximum atomic E-state index is 14.1. The quantitative estimate of drug-likeness (QED) is 0.181. The van der Waals surface area contributed by atoms with Crippen molar-refractivity contribution in [1.82, 2.24) is 20.1 Å². The molecule has 1 aliphatic rings. The predicted molar refractivity (Wildman–Crippen MR) is 160 cm³/mol. The van der Waals surface area contributed by atoms with Crippen molar-refractivity contribution >= 4 is 45.9 Å². The van der Waals surface area contributed by atoms with Crippen LogP contribution in [0.2, 0.25) is 0 Å². The molecule has 0 fully saturated rings. The first-order chi connectivity index (χ1) is 20.3. The largest absolute Gasteiger partial charge is 0.462 e. The molecule has 0 saturated carbocycles. The van der Waals surface area contributed by atoms with Gasteiger partial charge in [-0.15, -0.1) is 21.5 Å². The van der Waals surface area contributed by atoms with Gasteiger partial charge in [-0.3, -0.25) is 14.2 Å². The third-order valence-electron chi connectivity index (χ3n) is 6.77. The Kier molecular flexibility index (Phi) is 9.03. The molecule has 9 nitrogen and oxygen atoms in total. The van der Waals surface area contributed by atoms with Gasteiger partial charge in [-0.25, -0.2) is 9.18 Å². The first kappa shape index (κ1) is 29.5. The molecular weight excluding hydrogens is 577 g/mol. The number of nitrogens with zero attached hydrogens (tertiary/aromatic N) is 3. The van der Waals surface area contributed by atoms with E-state index in [4.69, 9.17) is 4.74 Å². The molecule has 0 radical (unpaired) electrons. The van der Waals surface area contributed by atoms with Crippen LogP contribution in [0.3, 0.4) is 0 Å². The predicted octanol–water partition coefficient (Wildman–Crippen LogP) is 5.49. The van der Waals surface area contributed by atoms with Crippen LogP contribution in [0.5, 0.6) is 0 Å². The Morgan fingerprint density at radius 2 is 1.95 bits per heavy atom. The number of carbonyl (C=O) groups is 3. The number of nitrogens with one attached hydrogen (secondary N) is 2. The van der Waals surface area contributed by atoms with Crippen molar-refractivity contribution < 1.29 is 23.5 Å². The molecule has 4 aromatic rings. The van der Waals surface area contributed by atoms with Gasteiger partial charge in [0.15, 0.2) is 11.0 Å². The molecule has 2 heterocycles. The van der Waals surface area contributed by atoms with Crippen LogP contribution < -0.4 is 10.6 Å². The van der Waals surface area contributed by atoms with Crippen molar-refractivity contribution in [3.05, 3.63) is 87.3 Å². The zero-order valence-electron chi connectivity index (χ0n) is 23.4. The number of ether oxygens (including phenoxy) is 1. The zero-order valence-corrected chi connectivity index (χ0v) is 25.0. The number of benzene rings is 2. The van der Waals surface area contributed by atoms with Gasteiger partial charge in [-0.05, 0) is 75.4 Å². The van der Waals surface area contributed by atoms with Gasteiger partial charge in [0.25, 0.3) is 5.91 Å². The van der Waals surface area contributed by atoms with E-state index in [9.17, 15) is 18.8 Å². The fourth-order valence-corrected chi connectivity index (χ4v) is 6.92. The number of carbonyl (C=O) groups excluding carboxylic acids is 3. The molecule has 218 valence electrons. The summed E-state index contributed by atoms with van der Waals surface area (Å²) >= 11 is 2.63. The van der Waals surface area contributed by atoms with Gasteiger partial charge >= 0.3 is 5.97 Å². The summed E-state index contributed by atoms with van der Waals surface area (Å²) in [5, 5.41) is 14.6. The van der Waals surface area contributed by atoms with Crippen molar-refractivity contribution in [1.29, 1.82) is 0 Å². The van der Waals surface area contributed by atoms with E-state index < -0.39 is 22.9 Å². The topological polar surface area (TPSA) is 115 Å². The minimum atomic E-state index is -0.617. The monoisotopic (exact) mass is 607 g/mol. The van der Waals surface area contributed by atoms with Gasteiger partial charge in [-0.1, -0.05) is 36.0 Å². The summed E-state index contributed by atoms with van der Waals surface area (Å²) in [6.45, 7) is 5.70. The zero-order chi connectivity index (χ0) is 29.8. The highest BCUT2D eigenvalue weighted by molar-refractivity contribution is 8.00. The van der Waals surface area contributed by atoms with Gasteiger partial charge in [0.2, 0.25) is 5.91 Å². The Hall–Kier alpha value is -4.03. The summed E-state index contributed by atoms with van der Waals surface area (Å²) in [4.78, 5) is 39.9. The number of aryl methyl sites for hydroxylation is 2. The standard InChI is InChI=1S/C30H30FN5O4S2/c1-4-40-29(39)25-21-12-8-14-23(21)42-28(25)33-26(37)18(3)41-30-35-34-24(36(30)19-10-7-9-17(2)15-19)16-32-27(38)20-11-5-6-13-22(20)31/h5-7,9-11,13,15,18H,4,8,12,14,16H2,1-3H3,(H,32,38)(H,33,37). The Bertz CT molecular complexity index is 1650. The van der Waals surface area contributed by atoms with E-state index in [2.05, 4.69) is 20.8 Å². The number of hydrogen-bond donors (Lipinski definition) is 2. The molecule has 1 aliphatic carbocycles. The highest BCUT2D eigenvalue weighted by Gasteiger charge is 2.30. The number of rotatable bonds is 10. The molecule has 0 saturated heterocycles. The van der Waals surface area contributed by atoms with Crippen LogP contribution in [-0.2, 0) is 28.9 Å². The van der Waals surface area contributed by atoms with Crippen LogP contribution in [0.15, 0.2) is 53.7 Å². The fourth-order valence-electron chi connectivity index (χ4n) is 4.75. The lowest BCUT2D eigenvalue weighted by Crippen LogP contribution is -2.26. The minimum absolute atomic E-state index is 0.0150. The first-order valence-electron chi connectivity index (χ1n) is 13.6. The number of esters is 1. The SMILES string of the molecule is CCOC(=O)c1c(NC(=O)C(C)Sc2nnc(CNC(=O)c3ccccc3F)n2-c2cccc(C)c2)sc2c1CCC2. The van der Waals surface area contributed by atoms with Crippen molar-refractivity contribution in [2.45, 2.75) is 57.0 Å². The number of halogens is 1. The summed E-state index contributed by atoms with van der Waals surface area (Å²) in [6, 6.07) is 13.4. The van der Waals surface area contributed by atoms with E-state index in [1.165, 1.54) is 41.3 Å². The molecule has 1 unspecified atom stereocenters. The Balaban J connectivity index is 1.37. The number of thioether (sulfide) groups is 1. The van der Waals surface area contributed by atoms with Gasteiger partial charge < -0.3 is 15.4 Å². The third kappa shape index (κ3) is 6.24. The number of fused-ring (bicyclic) bond motifs is 1. The number of amides is 2. The van der Waals surface area contributed by atoms with E-state index in [1.54, 1.807) is 24.5 Å². The van der Waals surface area contributed by atoms with Gasteiger partial charge in [-0.2, -0.15) is 0 Å². The molecule has 2 N–H and O–H groups in total. The lowest BCUT2D eigenvalue weighted by Gasteiger charge is -2.15. The Morgan fingerprint density at radius 3 is 2.71 bits per heavy atom. The average molecular weight is 608 g/mol. The van der Waals surface area contributed by atoms with Crippen LogP contribution in [0.4, 0.5) is 9.39 Å². The molecule has 0 bridgehead atoms. The average Bonchev–Trinajstić information content (AvgIpc) is 3.66. The normalized spacial score (nSPS) is 13.0. The maximum Gasteiger partial charge on any atom is 0.341 e. The smallest absolute Gasteiger partial charge is 0.341 e. The molecule has 2 amide bonds. The molecule has 2 aromatic heterocycles. The molecule has 12 heteroatoms. The van der Waals surface area contributed by atoms with Crippen molar-refractivity contribution in [2.24, 2.45) is 0 Å². The van der Waals surface area contributed by atoms with Crippen LogP contribution in [0.1, 0.15) is 62.8 Å². The summed E-state index contributed by atoms with van der Waals surface area (Å²) in [7, 11) is 0. The van der Waals surface area contributed by atoms with Crippen LogP contribution in [0.25, 0.3) is 5.69 Å². The van der Waals surface area contributed by atoms with E-state index in [-0.39, 0.29) is 24.6 Å². The van der Waals surface area contributed by atoms with Crippen molar-refractivity contribution in [2.75, 3.05) is 11.9 Å². The summed E-state index contributed by atoms with van der Waals surface area (Å²) in [6.07, 6.45) is 2.64. The molecule has 1 atom stereocenters. The molecule has 5 rings (SSSR count). The minimum Gasteiger partial charge on any atom is -0.462 e. The van der Waals surface area contributed by atoms with Gasteiger partial charge in [0.05, 0.1) is 29.5 Å². The lowest BCUT2D eigenvalue weighted by molar-refractivity contribution is -0.115. The molecule has 2 aromatic carbocycles. The van der Waals surface area contributed by atoms with E-state index in [0.717, 1.165) is 41.0 Å². The van der Waals surface area contributed by atoms with Crippen molar-refractivity contribution in [3.8, 4) is 5.69 Å². The second-order valence-corrected chi connectivity index (χ2v) is 12.2. The Labute approximate surface area is 250 Å². The fraction of sp³-hybridized carbons (Fsp3) is 0.300. The third-order valence-corrected chi connectivity index (χ3v) is 9.02. The highest BCUT2D eigenvalue weighted by atomic mass is 32.2. The van der Waals surface area contributed by atoms with E-state index in [1.807, 2.05) is 31.2 Å². The molecule has 0 aliphatic heterocycles. The second-order valence-electron chi connectivity index (χ2n) is 9.77. The second kappa shape index (κ2) is 12.9. The number of thiophene rings is 1. The summed E-state index contributed by atoms with van der Waals surface area (Å²) < 4.78 is 21.2. The number of aromatic nitrogens is 3. The Morgan fingerprint density at radius 1 is 1.14 bits per heavy atom. The highest BCUT2D eigenvalue weighted by Crippen LogP contribution is 2.40. The van der Waals surface area contributed by atoms with Crippen molar-refractivity contribution in [3.63, 3.8) is 0 Å². The molecule has 0 spiro atoms. The maximum absolute atomic E-state index is 14.1. The summed E-state index contributed by atoms with van der Waals surface area (Å²) in [5.74, 6) is -1.49. The van der Waals surface area contributed by atoms with Crippen LogP contribution in [0, 0.1) is 12.7 Å². The number of anilines is 1. The lowest BCUT2D eigenvalue weighted by atomic mass is 10.1. The van der Waals surface area contributed by atoms with E-state index >= 15 is 0 Å². The molecule has 42 heavy (non-hydrogen) atoms.